The van der Waals surface area contributed by atoms with Gasteiger partial charge in [0.2, 0.25) is 0 Å². The van der Waals surface area contributed by atoms with Crippen molar-refractivity contribution >= 4 is 5.91 Å². The van der Waals surface area contributed by atoms with E-state index in [0.29, 0.717) is 18.5 Å². The molecule has 0 saturated heterocycles. The molecule has 3 N–H and O–H groups in total. The summed E-state index contributed by atoms with van der Waals surface area (Å²) in [6.45, 7) is 0.468. The molecule has 3 aromatic rings. The standard InChI is InChI=1S/C19H19N3O2/c23-9-8-16-10-15(17-12-21-22-13-17)6-7-18(16)19(24)20-11-14-4-2-1-3-5-14/h1-7,10,12-13,23H,8-9,11H2,(H,20,24)(H,21,22). The minimum atomic E-state index is -0.138. The Morgan fingerprint density at radius 2 is 1.96 bits per heavy atom. The normalized spacial score (nSPS) is 10.5. The van der Waals surface area contributed by atoms with Gasteiger partial charge in [0.15, 0.2) is 0 Å². The Morgan fingerprint density at radius 3 is 2.67 bits per heavy atom. The molecule has 3 rings (SSSR count). The van der Waals surface area contributed by atoms with Crippen LogP contribution in [-0.2, 0) is 13.0 Å². The Morgan fingerprint density at radius 1 is 1.12 bits per heavy atom. The SMILES string of the molecule is O=C(NCc1ccccc1)c1ccc(-c2cn[nH]c2)cc1CCO. The van der Waals surface area contributed by atoms with Gasteiger partial charge in [-0.2, -0.15) is 5.10 Å². The Bertz CT molecular complexity index is 799. The third-order valence-corrected chi connectivity index (χ3v) is 3.86. The summed E-state index contributed by atoms with van der Waals surface area (Å²) in [6, 6.07) is 15.4. The summed E-state index contributed by atoms with van der Waals surface area (Å²) in [4.78, 5) is 12.5. The third kappa shape index (κ3) is 3.70. The predicted octanol–water partition coefficient (Wildman–Crippen LogP) is 2.54. The summed E-state index contributed by atoms with van der Waals surface area (Å²) >= 11 is 0. The molecule has 5 heteroatoms. The van der Waals surface area contributed by atoms with Crippen molar-refractivity contribution in [2.75, 3.05) is 6.61 Å². The molecule has 122 valence electrons. The molecule has 5 nitrogen and oxygen atoms in total. The first-order valence-corrected chi connectivity index (χ1v) is 7.83. The van der Waals surface area contributed by atoms with Gasteiger partial charge >= 0.3 is 0 Å². The number of aliphatic hydroxyl groups is 1. The van der Waals surface area contributed by atoms with Gasteiger partial charge in [-0.25, -0.2) is 0 Å². The number of nitrogens with zero attached hydrogens (tertiary/aromatic N) is 1. The first kappa shape index (κ1) is 16.0. The van der Waals surface area contributed by atoms with E-state index >= 15 is 0 Å². The highest BCUT2D eigenvalue weighted by Gasteiger charge is 2.12. The van der Waals surface area contributed by atoms with Crippen LogP contribution in [0.5, 0.6) is 0 Å². The molecule has 0 saturated carbocycles. The molecular weight excluding hydrogens is 302 g/mol. The van der Waals surface area contributed by atoms with Crippen LogP contribution in [0.15, 0.2) is 60.9 Å². The zero-order valence-corrected chi connectivity index (χ0v) is 13.2. The van der Waals surface area contributed by atoms with Crippen molar-refractivity contribution in [2.45, 2.75) is 13.0 Å². The van der Waals surface area contributed by atoms with E-state index in [1.807, 2.05) is 42.5 Å². The average Bonchev–Trinajstić information content (AvgIpc) is 3.15. The fraction of sp³-hybridized carbons (Fsp3) is 0.158. The summed E-state index contributed by atoms with van der Waals surface area (Å²) in [6.07, 6.45) is 3.96. The van der Waals surface area contributed by atoms with E-state index in [9.17, 15) is 9.90 Å². The maximum absolute atomic E-state index is 12.5. The Hall–Kier alpha value is -2.92. The molecular formula is C19H19N3O2. The van der Waals surface area contributed by atoms with Crippen LogP contribution in [0.4, 0.5) is 0 Å². The second-order valence-electron chi connectivity index (χ2n) is 5.50. The van der Waals surface area contributed by atoms with Gasteiger partial charge in [-0.1, -0.05) is 42.5 Å². The van der Waals surface area contributed by atoms with E-state index in [-0.39, 0.29) is 12.5 Å². The van der Waals surface area contributed by atoms with Crippen LogP contribution in [0.1, 0.15) is 21.5 Å². The molecule has 24 heavy (non-hydrogen) atoms. The number of benzene rings is 2. The van der Waals surface area contributed by atoms with Crippen LogP contribution in [0, 0.1) is 0 Å². The van der Waals surface area contributed by atoms with E-state index in [0.717, 1.165) is 22.3 Å². The van der Waals surface area contributed by atoms with E-state index in [4.69, 9.17) is 0 Å². The number of nitrogens with one attached hydrogen (secondary N) is 2. The fourth-order valence-corrected chi connectivity index (χ4v) is 2.60. The number of hydrogen-bond donors (Lipinski definition) is 3. The van der Waals surface area contributed by atoms with Crippen molar-refractivity contribution in [1.82, 2.24) is 15.5 Å². The zero-order chi connectivity index (χ0) is 16.8. The van der Waals surface area contributed by atoms with Crippen LogP contribution in [0.3, 0.4) is 0 Å². The molecule has 0 unspecified atom stereocenters. The molecule has 0 fully saturated rings. The zero-order valence-electron chi connectivity index (χ0n) is 13.2. The number of rotatable bonds is 6. The molecule has 2 aromatic carbocycles. The van der Waals surface area contributed by atoms with Gasteiger partial charge in [-0.3, -0.25) is 9.89 Å². The van der Waals surface area contributed by atoms with Crippen LogP contribution in [0.25, 0.3) is 11.1 Å². The van der Waals surface area contributed by atoms with Crippen LogP contribution < -0.4 is 5.32 Å². The number of hydrogen-bond acceptors (Lipinski definition) is 3. The lowest BCUT2D eigenvalue weighted by molar-refractivity contribution is 0.0950. The van der Waals surface area contributed by atoms with Gasteiger partial charge in [0.1, 0.15) is 0 Å². The third-order valence-electron chi connectivity index (χ3n) is 3.86. The van der Waals surface area contributed by atoms with Crippen LogP contribution >= 0.6 is 0 Å². The highest BCUT2D eigenvalue weighted by atomic mass is 16.3. The van der Waals surface area contributed by atoms with Gasteiger partial charge in [-0.15, -0.1) is 0 Å². The molecule has 0 spiro atoms. The Balaban J connectivity index is 1.79. The van der Waals surface area contributed by atoms with Crippen LogP contribution in [-0.4, -0.2) is 27.8 Å². The topological polar surface area (TPSA) is 78.0 Å². The monoisotopic (exact) mass is 321 g/mol. The van der Waals surface area contributed by atoms with Crippen molar-refractivity contribution < 1.29 is 9.90 Å². The highest BCUT2D eigenvalue weighted by molar-refractivity contribution is 5.96. The average molecular weight is 321 g/mol. The van der Waals surface area contributed by atoms with Gasteiger partial charge in [0, 0.05) is 30.5 Å². The molecule has 0 aliphatic rings. The van der Waals surface area contributed by atoms with Crippen LogP contribution in [0.2, 0.25) is 0 Å². The molecule has 1 heterocycles. The Labute approximate surface area is 140 Å². The largest absolute Gasteiger partial charge is 0.396 e. The highest BCUT2D eigenvalue weighted by Crippen LogP contribution is 2.22. The van der Waals surface area contributed by atoms with E-state index in [2.05, 4.69) is 15.5 Å². The van der Waals surface area contributed by atoms with Crippen molar-refractivity contribution in [3.8, 4) is 11.1 Å². The second kappa shape index (κ2) is 7.57. The predicted molar refractivity (Wildman–Crippen MR) is 92.4 cm³/mol. The smallest absolute Gasteiger partial charge is 0.251 e. The van der Waals surface area contributed by atoms with E-state index < -0.39 is 0 Å². The number of aromatic amines is 1. The maximum atomic E-state index is 12.5. The van der Waals surface area contributed by atoms with Crippen molar-refractivity contribution in [1.29, 1.82) is 0 Å². The minimum absolute atomic E-state index is 0.00615. The minimum Gasteiger partial charge on any atom is -0.396 e. The number of amides is 1. The fourth-order valence-electron chi connectivity index (χ4n) is 2.60. The number of carbonyl (C=O) groups is 1. The van der Waals surface area contributed by atoms with Gasteiger partial charge in [0.25, 0.3) is 5.91 Å². The first-order chi connectivity index (χ1) is 11.8. The molecule has 1 aromatic heterocycles. The second-order valence-corrected chi connectivity index (χ2v) is 5.50. The molecule has 0 radical (unpaired) electrons. The maximum Gasteiger partial charge on any atom is 0.251 e. The van der Waals surface area contributed by atoms with Crippen molar-refractivity contribution in [3.63, 3.8) is 0 Å². The summed E-state index contributed by atoms with van der Waals surface area (Å²) in [5, 5.41) is 19.0. The van der Waals surface area contributed by atoms with Crippen molar-refractivity contribution in [2.24, 2.45) is 0 Å². The van der Waals surface area contributed by atoms with Gasteiger partial charge in [-0.05, 0) is 29.2 Å². The number of H-pyrrole nitrogens is 1. The molecule has 0 aliphatic carbocycles. The van der Waals surface area contributed by atoms with Gasteiger partial charge in [0.05, 0.1) is 6.20 Å². The summed E-state index contributed by atoms with van der Waals surface area (Å²) in [7, 11) is 0. The number of carbonyl (C=O) groups excluding carboxylic acids is 1. The van der Waals surface area contributed by atoms with E-state index in [1.54, 1.807) is 18.5 Å². The lowest BCUT2D eigenvalue weighted by Crippen LogP contribution is -2.24. The van der Waals surface area contributed by atoms with Gasteiger partial charge < -0.3 is 10.4 Å². The Kier molecular flexibility index (Phi) is 5.03. The first-order valence-electron chi connectivity index (χ1n) is 7.83. The number of aliphatic hydroxyl groups excluding tert-OH is 1. The lowest BCUT2D eigenvalue weighted by atomic mass is 9.98. The molecule has 0 aliphatic heterocycles. The number of aromatic nitrogens is 2. The van der Waals surface area contributed by atoms with Crippen molar-refractivity contribution in [3.05, 3.63) is 77.6 Å². The molecule has 0 atom stereocenters. The lowest BCUT2D eigenvalue weighted by Gasteiger charge is -2.11. The quantitative estimate of drug-likeness (QED) is 0.653. The molecule has 0 bridgehead atoms. The summed E-state index contributed by atoms with van der Waals surface area (Å²) in [5.41, 5.74) is 4.37. The summed E-state index contributed by atoms with van der Waals surface area (Å²) in [5.74, 6) is -0.138. The van der Waals surface area contributed by atoms with E-state index in [1.165, 1.54) is 0 Å². The molecule has 1 amide bonds. The summed E-state index contributed by atoms with van der Waals surface area (Å²) < 4.78 is 0.